The van der Waals surface area contributed by atoms with E-state index < -0.39 is 5.97 Å². The standard InChI is InChI=1S/C12H16N2O3/c1-3-4-10(15)14-11-7(2)5-8(12(16)17)6-9(11)13/h5-6H,3-4,13H2,1-2H3,(H,14,15)(H,16,17). The van der Waals surface area contributed by atoms with E-state index in [-0.39, 0.29) is 17.2 Å². The Morgan fingerprint density at radius 2 is 2.06 bits per heavy atom. The molecule has 4 N–H and O–H groups in total. The van der Waals surface area contributed by atoms with Crippen molar-refractivity contribution < 1.29 is 14.7 Å². The lowest BCUT2D eigenvalue weighted by atomic mass is 10.1. The summed E-state index contributed by atoms with van der Waals surface area (Å²) in [5.74, 6) is -1.16. The number of aryl methyl sites for hydroxylation is 1. The number of benzene rings is 1. The highest BCUT2D eigenvalue weighted by atomic mass is 16.4. The number of amides is 1. The molecule has 92 valence electrons. The van der Waals surface area contributed by atoms with Gasteiger partial charge < -0.3 is 16.2 Å². The van der Waals surface area contributed by atoms with Crippen molar-refractivity contribution >= 4 is 23.3 Å². The summed E-state index contributed by atoms with van der Waals surface area (Å²) in [6.07, 6.45) is 1.16. The maximum absolute atomic E-state index is 11.5. The molecule has 0 unspecified atom stereocenters. The van der Waals surface area contributed by atoms with E-state index in [1.54, 1.807) is 6.92 Å². The van der Waals surface area contributed by atoms with Gasteiger partial charge in [0.2, 0.25) is 5.91 Å². The SMILES string of the molecule is CCCC(=O)Nc1c(C)cc(C(=O)O)cc1N. The first-order valence-corrected chi connectivity index (χ1v) is 5.39. The summed E-state index contributed by atoms with van der Waals surface area (Å²) in [6.45, 7) is 3.62. The van der Waals surface area contributed by atoms with Crippen molar-refractivity contribution in [2.24, 2.45) is 0 Å². The predicted molar refractivity (Wildman–Crippen MR) is 66.1 cm³/mol. The highest BCUT2D eigenvalue weighted by molar-refractivity contribution is 5.97. The minimum absolute atomic E-state index is 0.119. The minimum atomic E-state index is -1.04. The zero-order valence-electron chi connectivity index (χ0n) is 9.91. The van der Waals surface area contributed by atoms with E-state index >= 15 is 0 Å². The topological polar surface area (TPSA) is 92.4 Å². The van der Waals surface area contributed by atoms with Gasteiger partial charge in [-0.15, -0.1) is 0 Å². The zero-order valence-corrected chi connectivity index (χ0v) is 9.91. The first-order valence-electron chi connectivity index (χ1n) is 5.39. The maximum atomic E-state index is 11.5. The molecule has 0 atom stereocenters. The van der Waals surface area contributed by atoms with Crippen molar-refractivity contribution in [1.29, 1.82) is 0 Å². The number of carbonyl (C=O) groups is 2. The quantitative estimate of drug-likeness (QED) is 0.697. The number of nitrogens with two attached hydrogens (primary N) is 1. The Hall–Kier alpha value is -2.04. The Balaban J connectivity index is 3.01. The van der Waals surface area contributed by atoms with Gasteiger partial charge in [0.15, 0.2) is 0 Å². The average Bonchev–Trinajstić information content (AvgIpc) is 2.23. The van der Waals surface area contributed by atoms with Gasteiger partial charge in [0.25, 0.3) is 0 Å². The van der Waals surface area contributed by atoms with Crippen LogP contribution < -0.4 is 11.1 Å². The van der Waals surface area contributed by atoms with E-state index in [9.17, 15) is 9.59 Å². The van der Waals surface area contributed by atoms with E-state index in [1.807, 2.05) is 6.92 Å². The number of hydrogen-bond acceptors (Lipinski definition) is 3. The van der Waals surface area contributed by atoms with Gasteiger partial charge in [-0.25, -0.2) is 4.79 Å². The number of nitrogens with one attached hydrogen (secondary N) is 1. The third-order valence-electron chi connectivity index (χ3n) is 2.35. The third kappa shape index (κ3) is 3.21. The number of carboxylic acids is 1. The Bertz CT molecular complexity index is 432. The number of hydrogen-bond donors (Lipinski definition) is 3. The Labute approximate surface area is 99.6 Å². The van der Waals surface area contributed by atoms with Gasteiger partial charge in [0.1, 0.15) is 0 Å². The van der Waals surface area contributed by atoms with Crippen LogP contribution in [-0.4, -0.2) is 17.0 Å². The fourth-order valence-electron chi connectivity index (χ4n) is 1.54. The van der Waals surface area contributed by atoms with Crippen LogP contribution in [0.15, 0.2) is 12.1 Å². The normalized spacial score (nSPS) is 10.0. The first-order chi connectivity index (χ1) is 7.95. The lowest BCUT2D eigenvalue weighted by Crippen LogP contribution is -2.14. The second-order valence-electron chi connectivity index (χ2n) is 3.86. The fourth-order valence-corrected chi connectivity index (χ4v) is 1.54. The Morgan fingerprint density at radius 1 is 1.41 bits per heavy atom. The van der Waals surface area contributed by atoms with Gasteiger partial charge in [-0.05, 0) is 31.0 Å². The number of aromatic carboxylic acids is 1. The summed E-state index contributed by atoms with van der Waals surface area (Å²) < 4.78 is 0. The van der Waals surface area contributed by atoms with Crippen molar-refractivity contribution in [3.8, 4) is 0 Å². The second kappa shape index (κ2) is 5.34. The molecule has 1 aromatic rings. The second-order valence-corrected chi connectivity index (χ2v) is 3.86. The molecular weight excluding hydrogens is 220 g/mol. The smallest absolute Gasteiger partial charge is 0.335 e. The summed E-state index contributed by atoms with van der Waals surface area (Å²) in [6, 6.07) is 2.83. The number of carboxylic acid groups (broad SMARTS) is 1. The summed E-state index contributed by atoms with van der Waals surface area (Å²) in [7, 11) is 0. The molecular formula is C12H16N2O3. The summed E-state index contributed by atoms with van der Waals surface area (Å²) in [5, 5.41) is 11.5. The van der Waals surface area contributed by atoms with E-state index in [2.05, 4.69) is 5.32 Å². The molecule has 1 aromatic carbocycles. The van der Waals surface area contributed by atoms with Gasteiger partial charge in [0.05, 0.1) is 16.9 Å². The van der Waals surface area contributed by atoms with Gasteiger partial charge in [-0.3, -0.25) is 4.79 Å². The fraction of sp³-hybridized carbons (Fsp3) is 0.333. The molecule has 0 heterocycles. The van der Waals surface area contributed by atoms with E-state index in [4.69, 9.17) is 10.8 Å². The van der Waals surface area contributed by atoms with Crippen LogP contribution in [0.2, 0.25) is 0 Å². The molecule has 0 aliphatic carbocycles. The van der Waals surface area contributed by atoms with Crippen LogP contribution in [0.5, 0.6) is 0 Å². The predicted octanol–water partition coefficient (Wildman–Crippen LogP) is 2.01. The maximum Gasteiger partial charge on any atom is 0.335 e. The summed E-state index contributed by atoms with van der Waals surface area (Å²) >= 11 is 0. The van der Waals surface area contributed by atoms with Gasteiger partial charge >= 0.3 is 5.97 Å². The molecule has 0 saturated heterocycles. The monoisotopic (exact) mass is 236 g/mol. The van der Waals surface area contributed by atoms with Crippen molar-refractivity contribution in [3.05, 3.63) is 23.3 Å². The van der Waals surface area contributed by atoms with Crippen LogP contribution in [0.1, 0.15) is 35.7 Å². The summed E-state index contributed by atoms with van der Waals surface area (Å²) in [4.78, 5) is 22.3. The van der Waals surface area contributed by atoms with Crippen LogP contribution in [0, 0.1) is 6.92 Å². The molecule has 0 spiro atoms. The molecule has 1 amide bonds. The molecule has 0 radical (unpaired) electrons. The van der Waals surface area contributed by atoms with Crippen LogP contribution >= 0.6 is 0 Å². The number of carbonyl (C=O) groups excluding carboxylic acids is 1. The lowest BCUT2D eigenvalue weighted by Gasteiger charge is -2.12. The highest BCUT2D eigenvalue weighted by Crippen LogP contribution is 2.25. The van der Waals surface area contributed by atoms with Crippen LogP contribution in [0.4, 0.5) is 11.4 Å². The van der Waals surface area contributed by atoms with Crippen LogP contribution in [0.25, 0.3) is 0 Å². The Kier molecular flexibility index (Phi) is 4.09. The van der Waals surface area contributed by atoms with Crippen molar-refractivity contribution in [2.75, 3.05) is 11.1 Å². The molecule has 17 heavy (non-hydrogen) atoms. The molecule has 5 nitrogen and oxygen atoms in total. The van der Waals surface area contributed by atoms with Crippen molar-refractivity contribution in [1.82, 2.24) is 0 Å². The van der Waals surface area contributed by atoms with Crippen LogP contribution in [-0.2, 0) is 4.79 Å². The molecule has 5 heteroatoms. The molecule has 0 aliphatic rings. The van der Waals surface area contributed by atoms with Gasteiger partial charge in [-0.2, -0.15) is 0 Å². The number of anilines is 2. The molecule has 0 bridgehead atoms. The average molecular weight is 236 g/mol. The Morgan fingerprint density at radius 3 is 2.53 bits per heavy atom. The highest BCUT2D eigenvalue weighted by Gasteiger charge is 2.11. The molecule has 0 aromatic heterocycles. The van der Waals surface area contributed by atoms with Crippen molar-refractivity contribution in [2.45, 2.75) is 26.7 Å². The van der Waals surface area contributed by atoms with E-state index in [0.717, 1.165) is 6.42 Å². The van der Waals surface area contributed by atoms with E-state index in [0.29, 0.717) is 17.7 Å². The molecule has 0 saturated carbocycles. The zero-order chi connectivity index (χ0) is 13.0. The molecule has 0 fully saturated rings. The largest absolute Gasteiger partial charge is 0.478 e. The minimum Gasteiger partial charge on any atom is -0.478 e. The van der Waals surface area contributed by atoms with E-state index in [1.165, 1.54) is 12.1 Å². The van der Waals surface area contributed by atoms with Crippen LogP contribution in [0.3, 0.4) is 0 Å². The van der Waals surface area contributed by atoms with Gasteiger partial charge in [-0.1, -0.05) is 6.92 Å². The molecule has 0 aliphatic heterocycles. The number of rotatable bonds is 4. The summed E-state index contributed by atoms with van der Waals surface area (Å²) in [5.41, 5.74) is 7.25. The molecule has 1 rings (SSSR count). The van der Waals surface area contributed by atoms with Crippen molar-refractivity contribution in [3.63, 3.8) is 0 Å². The van der Waals surface area contributed by atoms with Gasteiger partial charge in [0, 0.05) is 6.42 Å². The first kappa shape index (κ1) is 13.0. The lowest BCUT2D eigenvalue weighted by molar-refractivity contribution is -0.116. The third-order valence-corrected chi connectivity index (χ3v) is 2.35. The number of nitrogen functional groups attached to an aromatic ring is 1.